The van der Waals surface area contributed by atoms with Crippen molar-refractivity contribution in [2.24, 2.45) is 5.10 Å². The fraction of sp³-hybridized carbons (Fsp3) is 0.357. The van der Waals surface area contributed by atoms with Gasteiger partial charge in [-0.25, -0.2) is 5.43 Å². The van der Waals surface area contributed by atoms with E-state index in [0.29, 0.717) is 34.3 Å². The normalized spacial score (nSPS) is 12.2. The van der Waals surface area contributed by atoms with Gasteiger partial charge in [0, 0.05) is 24.1 Å². The number of aromatic hydroxyl groups is 1. The summed E-state index contributed by atoms with van der Waals surface area (Å²) in [5.41, 5.74) is 4.96. The molecule has 1 heterocycles. The molecule has 0 radical (unpaired) electrons. The standard InChI is InChI=1S/C28H32ClN3O5/c1-27(2,3)21-13-17(14-22(26(21)34)28(4,5)6)7-12-25(33)31-30-16-19-9-11-24(37-19)20-15-18(32(35)36)8-10-23(20)29/h8-11,13-16,34H,7,12H2,1-6H3,(H,31,33)/b30-16-. The van der Waals surface area contributed by atoms with Crippen LogP contribution in [0.5, 0.6) is 5.75 Å². The third kappa shape index (κ3) is 6.98. The number of furan rings is 1. The molecule has 1 amide bonds. The summed E-state index contributed by atoms with van der Waals surface area (Å²) in [6, 6.07) is 11.3. The number of hydrogen-bond donors (Lipinski definition) is 2. The number of benzene rings is 2. The Hall–Kier alpha value is -3.65. The van der Waals surface area contributed by atoms with E-state index in [1.54, 1.807) is 12.1 Å². The number of phenols is 1. The van der Waals surface area contributed by atoms with Crippen LogP contribution in [-0.2, 0) is 22.0 Å². The summed E-state index contributed by atoms with van der Waals surface area (Å²) >= 11 is 6.17. The van der Waals surface area contributed by atoms with Gasteiger partial charge in [-0.2, -0.15) is 5.10 Å². The second kappa shape index (κ2) is 10.8. The first-order chi connectivity index (χ1) is 17.2. The number of carbonyl (C=O) groups excluding carboxylic acids is 1. The van der Waals surface area contributed by atoms with Crippen LogP contribution in [0.4, 0.5) is 5.69 Å². The summed E-state index contributed by atoms with van der Waals surface area (Å²) in [6.45, 7) is 12.3. The first-order valence-electron chi connectivity index (χ1n) is 11.9. The minimum atomic E-state index is -0.507. The van der Waals surface area contributed by atoms with Crippen LogP contribution in [0.2, 0.25) is 5.02 Å². The first kappa shape index (κ1) is 27.9. The Morgan fingerprint density at radius 3 is 2.27 bits per heavy atom. The number of nitro groups is 1. The molecule has 0 fully saturated rings. The number of hydrogen-bond acceptors (Lipinski definition) is 6. The molecule has 0 unspecified atom stereocenters. The van der Waals surface area contributed by atoms with Crippen molar-refractivity contribution in [1.82, 2.24) is 5.43 Å². The average Bonchev–Trinajstić information content (AvgIpc) is 3.25. The van der Waals surface area contributed by atoms with Gasteiger partial charge < -0.3 is 9.52 Å². The molecule has 0 bridgehead atoms. The Bertz CT molecular complexity index is 1310. The minimum Gasteiger partial charge on any atom is -0.507 e. The average molecular weight is 526 g/mol. The molecule has 1 aromatic heterocycles. The van der Waals surface area contributed by atoms with E-state index >= 15 is 0 Å². The maximum Gasteiger partial charge on any atom is 0.270 e. The van der Waals surface area contributed by atoms with E-state index in [1.807, 2.05) is 53.7 Å². The fourth-order valence-corrected chi connectivity index (χ4v) is 4.06. The number of non-ortho nitro benzene ring substituents is 1. The van der Waals surface area contributed by atoms with E-state index in [1.165, 1.54) is 24.4 Å². The lowest BCUT2D eigenvalue weighted by molar-refractivity contribution is -0.384. The number of nitro benzene ring substituents is 1. The van der Waals surface area contributed by atoms with Crippen LogP contribution < -0.4 is 5.43 Å². The topological polar surface area (TPSA) is 118 Å². The number of aryl methyl sites for hydroxylation is 1. The van der Waals surface area contributed by atoms with E-state index in [9.17, 15) is 20.0 Å². The summed E-state index contributed by atoms with van der Waals surface area (Å²) < 4.78 is 5.67. The molecule has 2 aromatic carbocycles. The van der Waals surface area contributed by atoms with Crippen LogP contribution in [0.1, 0.15) is 70.4 Å². The van der Waals surface area contributed by atoms with Crippen molar-refractivity contribution in [2.75, 3.05) is 0 Å². The van der Waals surface area contributed by atoms with Gasteiger partial charge in [-0.15, -0.1) is 0 Å². The first-order valence-corrected chi connectivity index (χ1v) is 12.3. The predicted molar refractivity (Wildman–Crippen MR) is 145 cm³/mol. The highest BCUT2D eigenvalue weighted by atomic mass is 35.5. The van der Waals surface area contributed by atoms with Gasteiger partial charge in [-0.3, -0.25) is 14.9 Å². The highest BCUT2D eigenvalue weighted by molar-refractivity contribution is 6.33. The lowest BCUT2D eigenvalue weighted by atomic mass is 9.78. The van der Waals surface area contributed by atoms with Crippen molar-refractivity contribution < 1.29 is 19.2 Å². The fourth-order valence-electron chi connectivity index (χ4n) is 3.85. The molecule has 0 saturated heterocycles. The smallest absolute Gasteiger partial charge is 0.270 e. The number of rotatable bonds is 7. The highest BCUT2D eigenvalue weighted by Gasteiger charge is 2.26. The Morgan fingerprint density at radius 2 is 1.70 bits per heavy atom. The third-order valence-corrected chi connectivity index (χ3v) is 6.19. The Kier molecular flexibility index (Phi) is 8.12. The summed E-state index contributed by atoms with van der Waals surface area (Å²) in [5, 5.41) is 26.2. The van der Waals surface area contributed by atoms with Gasteiger partial charge in [-0.05, 0) is 52.1 Å². The van der Waals surface area contributed by atoms with Crippen molar-refractivity contribution in [3.8, 4) is 17.1 Å². The van der Waals surface area contributed by atoms with Crippen molar-refractivity contribution in [3.63, 3.8) is 0 Å². The molecule has 0 spiro atoms. The quantitative estimate of drug-likeness (QED) is 0.198. The van der Waals surface area contributed by atoms with E-state index in [0.717, 1.165) is 16.7 Å². The van der Waals surface area contributed by atoms with Crippen LogP contribution in [-0.4, -0.2) is 22.2 Å². The molecule has 0 aliphatic carbocycles. The van der Waals surface area contributed by atoms with Crippen LogP contribution in [0, 0.1) is 10.1 Å². The van der Waals surface area contributed by atoms with Crippen LogP contribution >= 0.6 is 11.6 Å². The molecule has 0 aliphatic heterocycles. The molecular formula is C28H32ClN3O5. The maximum atomic E-state index is 12.4. The van der Waals surface area contributed by atoms with Crippen LogP contribution in [0.15, 0.2) is 52.0 Å². The zero-order valence-corrected chi connectivity index (χ0v) is 22.6. The molecular weight excluding hydrogens is 494 g/mol. The van der Waals surface area contributed by atoms with Crippen molar-refractivity contribution >= 4 is 29.4 Å². The van der Waals surface area contributed by atoms with E-state index in [2.05, 4.69) is 10.5 Å². The van der Waals surface area contributed by atoms with Gasteiger partial charge in [0.15, 0.2) is 0 Å². The van der Waals surface area contributed by atoms with Crippen molar-refractivity contribution in [1.29, 1.82) is 0 Å². The van der Waals surface area contributed by atoms with E-state index in [4.69, 9.17) is 16.0 Å². The molecule has 2 N–H and O–H groups in total. The van der Waals surface area contributed by atoms with Gasteiger partial charge in [0.2, 0.25) is 5.91 Å². The van der Waals surface area contributed by atoms with Gasteiger partial charge in [0.1, 0.15) is 17.3 Å². The number of amides is 1. The Morgan fingerprint density at radius 1 is 1.08 bits per heavy atom. The molecule has 8 nitrogen and oxygen atoms in total. The largest absolute Gasteiger partial charge is 0.507 e. The van der Waals surface area contributed by atoms with E-state index in [-0.39, 0.29) is 28.8 Å². The summed E-state index contributed by atoms with van der Waals surface area (Å²) in [7, 11) is 0. The number of carbonyl (C=O) groups is 1. The molecule has 0 aliphatic rings. The Labute approximate surface area is 221 Å². The molecule has 3 rings (SSSR count). The lowest BCUT2D eigenvalue weighted by Gasteiger charge is -2.28. The number of hydrazone groups is 1. The second-order valence-electron chi connectivity index (χ2n) is 11.0. The zero-order valence-electron chi connectivity index (χ0n) is 21.9. The zero-order chi connectivity index (χ0) is 27.5. The van der Waals surface area contributed by atoms with Crippen LogP contribution in [0.3, 0.4) is 0 Å². The van der Waals surface area contributed by atoms with Gasteiger partial charge >= 0.3 is 0 Å². The molecule has 37 heavy (non-hydrogen) atoms. The second-order valence-corrected chi connectivity index (χ2v) is 11.4. The van der Waals surface area contributed by atoms with Crippen LogP contribution in [0.25, 0.3) is 11.3 Å². The van der Waals surface area contributed by atoms with E-state index < -0.39 is 4.92 Å². The summed E-state index contributed by atoms with van der Waals surface area (Å²) in [6.07, 6.45) is 2.05. The number of phenolic OH excluding ortho intramolecular Hbond substituents is 1. The summed E-state index contributed by atoms with van der Waals surface area (Å²) in [4.78, 5) is 23.0. The SMILES string of the molecule is CC(C)(C)c1cc(CCC(=O)N/N=C\c2ccc(-c3cc([N+](=O)[O-])ccc3Cl)o2)cc(C(C)(C)C)c1O. The van der Waals surface area contributed by atoms with Gasteiger partial charge in [0.25, 0.3) is 5.69 Å². The lowest BCUT2D eigenvalue weighted by Crippen LogP contribution is -2.20. The minimum absolute atomic E-state index is 0.101. The maximum absolute atomic E-state index is 12.4. The summed E-state index contributed by atoms with van der Waals surface area (Å²) in [5.74, 6) is 0.730. The molecule has 196 valence electrons. The predicted octanol–water partition coefficient (Wildman–Crippen LogP) is 6.89. The van der Waals surface area contributed by atoms with Gasteiger partial charge in [-0.1, -0.05) is 65.3 Å². The van der Waals surface area contributed by atoms with Crippen molar-refractivity contribution in [3.05, 3.63) is 80.1 Å². The number of nitrogens with one attached hydrogen (secondary N) is 1. The molecule has 3 aromatic rings. The molecule has 0 saturated carbocycles. The number of halogens is 1. The molecule has 9 heteroatoms. The number of nitrogens with zero attached hydrogens (tertiary/aromatic N) is 2. The molecule has 0 atom stereocenters. The third-order valence-electron chi connectivity index (χ3n) is 5.86. The van der Waals surface area contributed by atoms with Gasteiger partial charge in [0.05, 0.1) is 16.2 Å². The van der Waals surface area contributed by atoms with Crippen molar-refractivity contribution in [2.45, 2.75) is 65.2 Å². The highest BCUT2D eigenvalue weighted by Crippen LogP contribution is 2.40. The Balaban J connectivity index is 1.66. The monoisotopic (exact) mass is 525 g/mol.